The molecule has 35 heavy (non-hydrogen) atoms. The van der Waals surface area contributed by atoms with Crippen LogP contribution >= 0.6 is 31.6 Å². The van der Waals surface area contributed by atoms with Crippen molar-refractivity contribution >= 4 is 43.6 Å². The highest BCUT2D eigenvalue weighted by molar-refractivity contribution is 7.48. The Balaban J connectivity index is 1.99. The summed E-state index contributed by atoms with van der Waals surface area (Å²) in [4.78, 5) is 44.1. The largest absolute Gasteiger partial charge is 0.428 e. The number of esters is 1. The molecule has 0 spiro atoms. The second kappa shape index (κ2) is 15.0. The average Bonchev–Trinajstić information content (AvgIpc) is 2.79. The number of amides is 1. The number of ether oxygens (including phenoxy) is 2. The molecule has 1 aromatic rings. The molecule has 1 amide bonds. The van der Waals surface area contributed by atoms with Gasteiger partial charge in [0.25, 0.3) is 0 Å². The van der Waals surface area contributed by atoms with Crippen LogP contribution in [0.15, 0.2) is 29.6 Å². The topological polar surface area (TPSA) is 117 Å². The molecule has 8 nitrogen and oxygen atoms in total. The van der Waals surface area contributed by atoms with Gasteiger partial charge in [-0.05, 0) is 74.4 Å². The summed E-state index contributed by atoms with van der Waals surface area (Å²) in [6.07, 6.45) is 3.00. The summed E-state index contributed by atoms with van der Waals surface area (Å²) in [6, 6.07) is 5.17. The van der Waals surface area contributed by atoms with Crippen LogP contribution in [0.5, 0.6) is 0 Å². The Morgan fingerprint density at radius 1 is 1.23 bits per heavy atom. The van der Waals surface area contributed by atoms with Crippen LogP contribution in [-0.2, 0) is 20.7 Å². The fourth-order valence-electron chi connectivity index (χ4n) is 3.95. The van der Waals surface area contributed by atoms with E-state index in [-0.39, 0.29) is 18.4 Å². The second-order valence-corrected chi connectivity index (χ2v) is 10.7. The molecule has 1 aliphatic rings. The van der Waals surface area contributed by atoms with Gasteiger partial charge in [0.2, 0.25) is 6.79 Å². The van der Waals surface area contributed by atoms with Gasteiger partial charge >= 0.3 is 12.1 Å². The number of carbonyl (C=O) groups excluding carboxylic acids is 2. The van der Waals surface area contributed by atoms with E-state index < -0.39 is 33.5 Å². The van der Waals surface area contributed by atoms with E-state index in [1.54, 1.807) is 32.0 Å². The first-order valence-corrected chi connectivity index (χ1v) is 13.7. The van der Waals surface area contributed by atoms with Crippen LogP contribution in [0.2, 0.25) is 10.0 Å². The molecule has 0 aromatic heterocycles. The lowest BCUT2D eigenvalue weighted by molar-refractivity contribution is -0.156. The third-order valence-corrected chi connectivity index (χ3v) is 7.20. The van der Waals surface area contributed by atoms with Crippen molar-refractivity contribution in [2.45, 2.75) is 65.0 Å². The van der Waals surface area contributed by atoms with Crippen molar-refractivity contribution in [3.63, 3.8) is 0 Å². The zero-order valence-corrected chi connectivity index (χ0v) is 22.4. The van der Waals surface area contributed by atoms with E-state index in [2.05, 4.69) is 0 Å². The minimum atomic E-state index is -2.06. The molecule has 1 aromatic carbocycles. The molecule has 11 heteroatoms. The molecule has 1 aliphatic carbocycles. The zero-order valence-electron chi connectivity index (χ0n) is 20.0. The number of allylic oxidation sites excluding steroid dienone is 1. The monoisotopic (exact) mass is 549 g/mol. The molecule has 0 bridgehead atoms. The Kier molecular flexibility index (Phi) is 12.8. The summed E-state index contributed by atoms with van der Waals surface area (Å²) in [6.45, 7) is 2.97. The van der Waals surface area contributed by atoms with Crippen molar-refractivity contribution in [1.82, 2.24) is 4.90 Å². The fraction of sp³-hybridized carbons (Fsp3) is 0.583. The number of hydrogen-bond donors (Lipinski definition) is 3. The zero-order chi connectivity index (χ0) is 26.0. The molecule has 0 aliphatic heterocycles. The summed E-state index contributed by atoms with van der Waals surface area (Å²) < 4.78 is 10.0. The molecule has 3 N–H and O–H groups in total. The Bertz CT molecular complexity index is 881. The Hall–Kier alpha value is -1.41. The van der Waals surface area contributed by atoms with E-state index >= 15 is 0 Å². The quantitative estimate of drug-likeness (QED) is 0.187. The van der Waals surface area contributed by atoms with E-state index in [0.29, 0.717) is 29.3 Å². The predicted molar refractivity (Wildman–Crippen MR) is 136 cm³/mol. The summed E-state index contributed by atoms with van der Waals surface area (Å²) >= 11 is 12.1. The van der Waals surface area contributed by atoms with Gasteiger partial charge in [-0.15, -0.1) is 0 Å². The molecule has 1 saturated carbocycles. The first kappa shape index (κ1) is 29.8. The van der Waals surface area contributed by atoms with E-state index in [1.165, 1.54) is 10.7 Å². The van der Waals surface area contributed by atoms with Crippen molar-refractivity contribution in [3.05, 3.63) is 45.2 Å². The SMILES string of the molecule is CC(C)C(=O)OCOC(=O)N(CCc1ccc(Cl)c(Cl)c1)C(O)CCC1CCCC(=CP(O)O)C1. The Morgan fingerprint density at radius 3 is 2.63 bits per heavy atom. The maximum Gasteiger partial charge on any atom is 0.414 e. The summed E-state index contributed by atoms with van der Waals surface area (Å²) in [5.41, 5.74) is 1.86. The number of rotatable bonds is 11. The number of carbonyl (C=O) groups is 2. The first-order chi connectivity index (χ1) is 16.6. The van der Waals surface area contributed by atoms with Gasteiger partial charge in [0.05, 0.1) is 16.0 Å². The highest BCUT2D eigenvalue weighted by Crippen LogP contribution is 2.37. The third kappa shape index (κ3) is 10.6. The standard InChI is InChI=1S/C24H34Cl2NO7P/c1-16(2)23(29)33-15-34-24(30)27(11-10-18-6-8-20(25)21(26)13-18)22(28)9-7-17-4-3-5-19(12-17)14-35(31)32/h6,8,13-14,16-17,22,28,31-32H,3-5,7,9-12,15H2,1-2H3. The fourth-order valence-corrected chi connectivity index (χ4v) is 4.84. The number of nitrogens with zero attached hydrogens (tertiary/aromatic N) is 1. The highest BCUT2D eigenvalue weighted by atomic mass is 35.5. The number of aliphatic hydroxyl groups excluding tert-OH is 1. The van der Waals surface area contributed by atoms with Crippen molar-refractivity contribution in [1.29, 1.82) is 0 Å². The van der Waals surface area contributed by atoms with Crippen LogP contribution in [0.1, 0.15) is 57.9 Å². The molecular weight excluding hydrogens is 516 g/mol. The second-order valence-electron chi connectivity index (χ2n) is 8.97. The maximum absolute atomic E-state index is 12.7. The van der Waals surface area contributed by atoms with Crippen LogP contribution in [0, 0.1) is 11.8 Å². The summed E-state index contributed by atoms with van der Waals surface area (Å²) in [5, 5.41) is 11.7. The minimum absolute atomic E-state index is 0.158. The minimum Gasteiger partial charge on any atom is -0.428 e. The van der Waals surface area contributed by atoms with Gasteiger partial charge in [0.1, 0.15) is 6.23 Å². The lowest BCUT2D eigenvalue weighted by atomic mass is 9.83. The van der Waals surface area contributed by atoms with Gasteiger partial charge in [-0.3, -0.25) is 9.69 Å². The van der Waals surface area contributed by atoms with E-state index in [4.69, 9.17) is 32.7 Å². The van der Waals surface area contributed by atoms with Gasteiger partial charge in [0.15, 0.2) is 8.38 Å². The first-order valence-electron chi connectivity index (χ1n) is 11.6. The molecule has 2 atom stereocenters. The highest BCUT2D eigenvalue weighted by Gasteiger charge is 2.26. The molecule has 0 radical (unpaired) electrons. The molecule has 2 rings (SSSR count). The number of halogens is 2. The predicted octanol–water partition coefficient (Wildman–Crippen LogP) is 5.60. The summed E-state index contributed by atoms with van der Waals surface area (Å²) in [5.74, 6) is 0.959. The lowest BCUT2D eigenvalue weighted by Crippen LogP contribution is -2.42. The van der Waals surface area contributed by atoms with E-state index in [1.807, 2.05) is 0 Å². The summed E-state index contributed by atoms with van der Waals surface area (Å²) in [7, 11) is -2.06. The average molecular weight is 550 g/mol. The maximum atomic E-state index is 12.7. The van der Waals surface area contributed by atoms with Crippen molar-refractivity contribution in [3.8, 4) is 0 Å². The van der Waals surface area contributed by atoms with Gasteiger partial charge in [-0.1, -0.05) is 48.7 Å². The van der Waals surface area contributed by atoms with Crippen LogP contribution in [-0.4, -0.2) is 51.4 Å². The van der Waals surface area contributed by atoms with Crippen LogP contribution < -0.4 is 0 Å². The number of benzene rings is 1. The number of aliphatic hydroxyl groups is 1. The van der Waals surface area contributed by atoms with Gasteiger partial charge in [0, 0.05) is 6.54 Å². The van der Waals surface area contributed by atoms with Crippen LogP contribution in [0.4, 0.5) is 4.79 Å². The van der Waals surface area contributed by atoms with Gasteiger partial charge in [-0.2, -0.15) is 0 Å². The van der Waals surface area contributed by atoms with Crippen LogP contribution in [0.25, 0.3) is 0 Å². The molecular formula is C24H34Cl2NO7P. The molecule has 196 valence electrons. The molecule has 2 unspecified atom stereocenters. The molecule has 1 fully saturated rings. The number of hydrogen-bond acceptors (Lipinski definition) is 7. The molecule has 0 saturated heterocycles. The molecule has 0 heterocycles. The smallest absolute Gasteiger partial charge is 0.414 e. The van der Waals surface area contributed by atoms with E-state index in [0.717, 1.165) is 36.8 Å². The normalized spacial score (nSPS) is 18.1. The van der Waals surface area contributed by atoms with Gasteiger partial charge in [-0.25, -0.2) is 4.79 Å². The third-order valence-electron chi connectivity index (χ3n) is 5.87. The van der Waals surface area contributed by atoms with Crippen molar-refractivity contribution in [2.75, 3.05) is 13.3 Å². The van der Waals surface area contributed by atoms with Gasteiger partial charge < -0.3 is 24.4 Å². The Morgan fingerprint density at radius 2 is 1.97 bits per heavy atom. The Labute approximate surface area is 217 Å². The lowest BCUT2D eigenvalue weighted by Gasteiger charge is -2.30. The van der Waals surface area contributed by atoms with E-state index in [9.17, 15) is 24.5 Å². The van der Waals surface area contributed by atoms with Crippen molar-refractivity contribution in [2.24, 2.45) is 11.8 Å². The van der Waals surface area contributed by atoms with Crippen LogP contribution in [0.3, 0.4) is 0 Å². The van der Waals surface area contributed by atoms with Crippen molar-refractivity contribution < 1.29 is 34.0 Å².